The molecule has 0 rings (SSSR count). The van der Waals surface area contributed by atoms with Crippen molar-refractivity contribution in [2.24, 2.45) is 0 Å². The van der Waals surface area contributed by atoms with Crippen molar-refractivity contribution in [3.8, 4) is 0 Å². The SMILES string of the molecule is C=CC(=O)OC(CCC)[SiH2]C(CC)C(C)OC. The third kappa shape index (κ3) is 6.63. The fourth-order valence-corrected chi connectivity index (χ4v) is 4.47. The molecule has 17 heavy (non-hydrogen) atoms. The van der Waals surface area contributed by atoms with Crippen LogP contribution in [0, 0.1) is 0 Å². The molecule has 0 N–H and O–H groups in total. The maximum atomic E-state index is 11.3. The Balaban J connectivity index is 4.38. The van der Waals surface area contributed by atoms with Crippen LogP contribution in [0.1, 0.15) is 40.0 Å². The Morgan fingerprint density at radius 1 is 1.47 bits per heavy atom. The summed E-state index contributed by atoms with van der Waals surface area (Å²) in [4.78, 5) is 11.3. The van der Waals surface area contributed by atoms with Crippen molar-refractivity contribution in [2.45, 2.75) is 57.4 Å². The van der Waals surface area contributed by atoms with Crippen LogP contribution in [0.4, 0.5) is 0 Å². The number of ether oxygens (including phenoxy) is 2. The van der Waals surface area contributed by atoms with Crippen molar-refractivity contribution in [3.63, 3.8) is 0 Å². The third-order valence-electron chi connectivity index (χ3n) is 3.19. The predicted octanol–water partition coefficient (Wildman–Crippen LogP) is 2.24. The van der Waals surface area contributed by atoms with Crippen LogP contribution in [0.2, 0.25) is 5.54 Å². The second-order valence-corrected chi connectivity index (χ2v) is 6.83. The van der Waals surface area contributed by atoms with Crippen LogP contribution in [0.15, 0.2) is 12.7 Å². The number of methoxy groups -OCH3 is 1. The molecule has 0 aromatic heterocycles. The standard InChI is InChI=1S/C13H26O3Si/c1-6-9-13(16-12(14)8-3)17-11(7-2)10(4)15-5/h8,10-11,13H,3,6-7,9,17H2,1-2,4-5H3. The van der Waals surface area contributed by atoms with Gasteiger partial charge in [-0.15, -0.1) is 0 Å². The molecule has 0 saturated heterocycles. The Morgan fingerprint density at radius 2 is 2.12 bits per heavy atom. The molecule has 0 bridgehead atoms. The van der Waals surface area contributed by atoms with Gasteiger partial charge in [0.2, 0.25) is 0 Å². The first-order valence-corrected chi connectivity index (χ1v) is 8.08. The number of carbonyl (C=O) groups excluding carboxylic acids is 1. The Kier molecular flexibility index (Phi) is 9.08. The average Bonchev–Trinajstić information content (AvgIpc) is 2.34. The predicted molar refractivity (Wildman–Crippen MR) is 74.0 cm³/mol. The van der Waals surface area contributed by atoms with E-state index in [2.05, 4.69) is 27.4 Å². The highest BCUT2D eigenvalue weighted by atomic mass is 28.2. The molecule has 100 valence electrons. The Morgan fingerprint density at radius 3 is 2.53 bits per heavy atom. The zero-order valence-electron chi connectivity index (χ0n) is 11.6. The Labute approximate surface area is 107 Å². The monoisotopic (exact) mass is 258 g/mol. The van der Waals surface area contributed by atoms with E-state index in [4.69, 9.17) is 9.47 Å². The third-order valence-corrected chi connectivity index (χ3v) is 6.13. The highest BCUT2D eigenvalue weighted by Crippen LogP contribution is 2.20. The van der Waals surface area contributed by atoms with E-state index in [0.717, 1.165) is 19.3 Å². The summed E-state index contributed by atoms with van der Waals surface area (Å²) in [6.45, 7) is 9.82. The first-order valence-electron chi connectivity index (χ1n) is 6.44. The van der Waals surface area contributed by atoms with E-state index >= 15 is 0 Å². The summed E-state index contributed by atoms with van der Waals surface area (Å²) in [5.74, 6) is -0.295. The van der Waals surface area contributed by atoms with Gasteiger partial charge in [0.1, 0.15) is 0 Å². The Bertz CT molecular complexity index is 231. The van der Waals surface area contributed by atoms with E-state index in [0.29, 0.717) is 5.54 Å². The molecular weight excluding hydrogens is 232 g/mol. The van der Waals surface area contributed by atoms with Gasteiger partial charge in [-0.3, -0.25) is 0 Å². The fraction of sp³-hybridized carbons (Fsp3) is 0.769. The summed E-state index contributed by atoms with van der Waals surface area (Å²) in [6, 6.07) is 0. The summed E-state index contributed by atoms with van der Waals surface area (Å²) >= 11 is 0. The molecule has 0 aromatic carbocycles. The van der Waals surface area contributed by atoms with Crippen LogP contribution in [0.25, 0.3) is 0 Å². The number of carbonyl (C=O) groups is 1. The molecule has 0 amide bonds. The van der Waals surface area contributed by atoms with E-state index in [9.17, 15) is 4.79 Å². The molecule has 3 nitrogen and oxygen atoms in total. The zero-order valence-corrected chi connectivity index (χ0v) is 13.0. The normalized spacial score (nSPS) is 16.7. The minimum Gasteiger partial charge on any atom is -0.464 e. The van der Waals surface area contributed by atoms with Crippen LogP contribution >= 0.6 is 0 Å². The lowest BCUT2D eigenvalue weighted by Gasteiger charge is -2.25. The first-order chi connectivity index (χ1) is 8.08. The molecule has 0 fully saturated rings. The summed E-state index contributed by atoms with van der Waals surface area (Å²) < 4.78 is 10.8. The van der Waals surface area contributed by atoms with Gasteiger partial charge in [-0.25, -0.2) is 4.79 Å². The quantitative estimate of drug-likeness (QED) is 0.361. The first kappa shape index (κ1) is 16.4. The van der Waals surface area contributed by atoms with Gasteiger partial charge >= 0.3 is 5.97 Å². The molecule has 0 aliphatic heterocycles. The molecule has 0 aliphatic carbocycles. The second-order valence-electron chi connectivity index (χ2n) is 4.40. The zero-order chi connectivity index (χ0) is 13.3. The summed E-state index contributed by atoms with van der Waals surface area (Å²) in [5, 5.41) is 0. The van der Waals surface area contributed by atoms with Crippen molar-refractivity contribution in [2.75, 3.05) is 7.11 Å². The minimum atomic E-state index is -0.498. The molecule has 3 unspecified atom stereocenters. The molecule has 4 heteroatoms. The Hall–Kier alpha value is -0.613. The summed E-state index contributed by atoms with van der Waals surface area (Å²) in [6.07, 6.45) is 4.59. The number of esters is 1. The highest BCUT2D eigenvalue weighted by Gasteiger charge is 2.22. The van der Waals surface area contributed by atoms with Gasteiger partial charge < -0.3 is 9.47 Å². The molecule has 0 aliphatic rings. The van der Waals surface area contributed by atoms with Crippen molar-refractivity contribution in [1.82, 2.24) is 0 Å². The molecule has 0 spiro atoms. The lowest BCUT2D eigenvalue weighted by molar-refractivity contribution is -0.139. The van der Waals surface area contributed by atoms with E-state index in [1.807, 2.05) is 0 Å². The second kappa shape index (κ2) is 9.42. The van der Waals surface area contributed by atoms with Gasteiger partial charge in [0.05, 0.1) is 21.4 Å². The average molecular weight is 258 g/mol. The molecular formula is C13H26O3Si. The van der Waals surface area contributed by atoms with Crippen LogP contribution < -0.4 is 0 Å². The molecule has 0 aromatic rings. The molecule has 0 radical (unpaired) electrons. The van der Waals surface area contributed by atoms with Crippen LogP contribution in [0.5, 0.6) is 0 Å². The summed E-state index contributed by atoms with van der Waals surface area (Å²) in [5.41, 5.74) is 0.683. The van der Waals surface area contributed by atoms with Crippen LogP contribution in [-0.4, -0.2) is 34.4 Å². The van der Waals surface area contributed by atoms with Gasteiger partial charge in [-0.1, -0.05) is 33.3 Å². The topological polar surface area (TPSA) is 35.5 Å². The van der Waals surface area contributed by atoms with E-state index < -0.39 is 9.52 Å². The van der Waals surface area contributed by atoms with Crippen LogP contribution in [-0.2, 0) is 14.3 Å². The van der Waals surface area contributed by atoms with Crippen molar-refractivity contribution < 1.29 is 14.3 Å². The van der Waals surface area contributed by atoms with Gasteiger partial charge in [0.25, 0.3) is 0 Å². The summed E-state index contributed by atoms with van der Waals surface area (Å²) in [7, 11) is 1.24. The number of hydrogen-bond donors (Lipinski definition) is 0. The molecule has 0 heterocycles. The van der Waals surface area contributed by atoms with Gasteiger partial charge in [-0.2, -0.15) is 0 Å². The molecule has 0 saturated carbocycles. The van der Waals surface area contributed by atoms with Gasteiger partial charge in [-0.05, 0) is 18.9 Å². The van der Waals surface area contributed by atoms with Gasteiger partial charge in [0, 0.05) is 13.2 Å². The van der Waals surface area contributed by atoms with Gasteiger partial charge in [0.15, 0.2) is 0 Å². The lowest BCUT2D eigenvalue weighted by atomic mass is 10.2. The van der Waals surface area contributed by atoms with Crippen LogP contribution in [0.3, 0.4) is 0 Å². The largest absolute Gasteiger partial charge is 0.464 e. The lowest BCUT2D eigenvalue weighted by Crippen LogP contribution is -2.31. The van der Waals surface area contributed by atoms with E-state index in [-0.39, 0.29) is 17.8 Å². The minimum absolute atomic E-state index is 0.119. The number of hydrogen-bond acceptors (Lipinski definition) is 3. The van der Waals surface area contributed by atoms with Crippen molar-refractivity contribution in [3.05, 3.63) is 12.7 Å². The maximum absolute atomic E-state index is 11.3. The highest BCUT2D eigenvalue weighted by molar-refractivity contribution is 6.39. The van der Waals surface area contributed by atoms with Crippen molar-refractivity contribution in [1.29, 1.82) is 0 Å². The maximum Gasteiger partial charge on any atom is 0.330 e. The van der Waals surface area contributed by atoms with E-state index in [1.54, 1.807) is 7.11 Å². The smallest absolute Gasteiger partial charge is 0.330 e. The molecule has 3 atom stereocenters. The number of rotatable bonds is 9. The van der Waals surface area contributed by atoms with Crippen molar-refractivity contribution >= 4 is 15.5 Å². The van der Waals surface area contributed by atoms with E-state index in [1.165, 1.54) is 6.08 Å². The fourth-order valence-electron chi connectivity index (χ4n) is 1.98.